The van der Waals surface area contributed by atoms with Crippen LogP contribution in [0.15, 0.2) is 77.0 Å². The maximum Gasteiger partial charge on any atom is 0.295 e. The normalized spacial score (nSPS) is 17.6. The molecule has 6 nitrogen and oxygen atoms in total. The number of halogens is 1. The van der Waals surface area contributed by atoms with Gasteiger partial charge < -0.3 is 14.7 Å². The van der Waals surface area contributed by atoms with Crippen LogP contribution in [0.3, 0.4) is 0 Å². The zero-order valence-corrected chi connectivity index (χ0v) is 19.2. The highest BCUT2D eigenvalue weighted by Crippen LogP contribution is 2.40. The molecule has 1 saturated heterocycles. The van der Waals surface area contributed by atoms with E-state index in [0.29, 0.717) is 16.9 Å². The molecule has 4 rings (SSSR count). The van der Waals surface area contributed by atoms with E-state index in [1.54, 1.807) is 62.0 Å². The summed E-state index contributed by atoms with van der Waals surface area (Å²) in [7, 11) is 1.58. The van der Waals surface area contributed by atoms with Crippen molar-refractivity contribution in [1.82, 2.24) is 9.88 Å². The van der Waals surface area contributed by atoms with Crippen LogP contribution in [0.4, 0.5) is 0 Å². The van der Waals surface area contributed by atoms with E-state index in [9.17, 15) is 14.7 Å². The topological polar surface area (TPSA) is 79.7 Å². The highest BCUT2D eigenvalue weighted by Gasteiger charge is 2.46. The van der Waals surface area contributed by atoms with Gasteiger partial charge in [-0.15, -0.1) is 0 Å². The Bertz CT molecular complexity index is 1210. The van der Waals surface area contributed by atoms with Crippen molar-refractivity contribution in [1.29, 1.82) is 0 Å². The molecule has 162 valence electrons. The van der Waals surface area contributed by atoms with E-state index in [1.807, 2.05) is 19.1 Å². The first kappa shape index (κ1) is 21.8. The van der Waals surface area contributed by atoms with Gasteiger partial charge in [0, 0.05) is 29.0 Å². The summed E-state index contributed by atoms with van der Waals surface area (Å²) in [6.07, 6.45) is 3.21. The van der Waals surface area contributed by atoms with E-state index in [0.717, 1.165) is 15.6 Å². The van der Waals surface area contributed by atoms with Crippen LogP contribution in [-0.2, 0) is 16.1 Å². The van der Waals surface area contributed by atoms with E-state index in [1.165, 1.54) is 4.90 Å². The molecule has 2 aromatic carbocycles. The maximum atomic E-state index is 13.1. The maximum absolute atomic E-state index is 13.1. The monoisotopic (exact) mass is 492 g/mol. The van der Waals surface area contributed by atoms with Gasteiger partial charge in [-0.2, -0.15) is 0 Å². The fourth-order valence-electron chi connectivity index (χ4n) is 3.81. The number of ether oxygens (including phenoxy) is 1. The fourth-order valence-corrected chi connectivity index (χ4v) is 4.06. The zero-order valence-electron chi connectivity index (χ0n) is 17.6. The third-order valence-corrected chi connectivity index (χ3v) is 6.39. The van der Waals surface area contributed by atoms with Crippen molar-refractivity contribution in [3.8, 4) is 5.75 Å². The Balaban J connectivity index is 1.82. The number of benzene rings is 2. The number of aliphatic hydroxyl groups is 1. The van der Waals surface area contributed by atoms with Crippen molar-refractivity contribution < 1.29 is 19.4 Å². The zero-order chi connectivity index (χ0) is 22.8. The molecule has 0 spiro atoms. The van der Waals surface area contributed by atoms with Crippen LogP contribution < -0.4 is 4.74 Å². The number of carbonyl (C=O) groups is 2. The van der Waals surface area contributed by atoms with E-state index in [2.05, 4.69) is 20.9 Å². The molecular weight excluding hydrogens is 472 g/mol. The molecule has 1 fully saturated rings. The number of ketones is 1. The minimum Gasteiger partial charge on any atom is -0.507 e. The Hall–Kier alpha value is -3.45. The number of nitrogens with zero attached hydrogens (tertiary/aromatic N) is 2. The van der Waals surface area contributed by atoms with E-state index >= 15 is 0 Å². The van der Waals surface area contributed by atoms with E-state index < -0.39 is 17.7 Å². The number of methoxy groups -OCH3 is 1. The molecule has 7 heteroatoms. The molecule has 1 unspecified atom stereocenters. The van der Waals surface area contributed by atoms with Crippen LogP contribution in [0.1, 0.15) is 28.3 Å². The first-order valence-electron chi connectivity index (χ1n) is 9.98. The summed E-state index contributed by atoms with van der Waals surface area (Å²) in [4.78, 5) is 31.7. The number of pyridine rings is 1. The summed E-state index contributed by atoms with van der Waals surface area (Å²) in [6.45, 7) is 2.10. The van der Waals surface area contributed by atoms with Gasteiger partial charge in [-0.05, 0) is 60.0 Å². The lowest BCUT2D eigenvalue weighted by molar-refractivity contribution is -0.140. The van der Waals surface area contributed by atoms with Crippen LogP contribution in [0.2, 0.25) is 0 Å². The number of hydrogen-bond donors (Lipinski definition) is 1. The molecule has 0 bridgehead atoms. The average molecular weight is 493 g/mol. The second-order valence-electron chi connectivity index (χ2n) is 7.52. The van der Waals surface area contributed by atoms with Gasteiger partial charge in [0.15, 0.2) is 0 Å². The van der Waals surface area contributed by atoms with Gasteiger partial charge in [-0.1, -0.05) is 34.1 Å². The second kappa shape index (κ2) is 8.96. The molecular formula is C25H21BrN2O4. The Labute approximate surface area is 194 Å². The molecule has 1 N–H and O–H groups in total. The van der Waals surface area contributed by atoms with Crippen molar-refractivity contribution in [2.24, 2.45) is 0 Å². The number of carbonyl (C=O) groups excluding carboxylic acids is 2. The molecule has 1 aliphatic rings. The van der Waals surface area contributed by atoms with E-state index in [-0.39, 0.29) is 17.9 Å². The minimum atomic E-state index is -0.732. The van der Waals surface area contributed by atoms with Gasteiger partial charge in [-0.25, -0.2) is 0 Å². The average Bonchev–Trinajstić information content (AvgIpc) is 3.06. The number of rotatable bonds is 5. The summed E-state index contributed by atoms with van der Waals surface area (Å²) in [6, 6.07) is 15.4. The lowest BCUT2D eigenvalue weighted by Gasteiger charge is -2.25. The van der Waals surface area contributed by atoms with Gasteiger partial charge in [0.1, 0.15) is 11.5 Å². The predicted octanol–water partition coefficient (Wildman–Crippen LogP) is 4.78. The fraction of sp³-hybridized carbons (Fsp3) is 0.160. The Morgan fingerprint density at radius 2 is 1.78 bits per heavy atom. The van der Waals surface area contributed by atoms with Gasteiger partial charge in [0.2, 0.25) is 0 Å². The molecule has 1 atom stereocenters. The van der Waals surface area contributed by atoms with Crippen molar-refractivity contribution in [2.45, 2.75) is 19.5 Å². The van der Waals surface area contributed by atoms with Crippen molar-refractivity contribution in [3.63, 3.8) is 0 Å². The molecule has 0 radical (unpaired) electrons. The Morgan fingerprint density at radius 3 is 2.41 bits per heavy atom. The first-order chi connectivity index (χ1) is 15.4. The summed E-state index contributed by atoms with van der Waals surface area (Å²) >= 11 is 3.45. The van der Waals surface area contributed by atoms with Crippen molar-refractivity contribution in [3.05, 3.63) is 99.3 Å². The SMILES string of the molecule is COc1ccc(CN2C(=O)C(=O)/C(=C(\O)c3ccc(Br)c(C)c3)C2c2ccncc2)cc1. The minimum absolute atomic E-state index is 0.0661. The Morgan fingerprint density at radius 1 is 1.09 bits per heavy atom. The molecule has 0 saturated carbocycles. The van der Waals surface area contributed by atoms with Gasteiger partial charge in [0.05, 0.1) is 18.7 Å². The molecule has 0 aliphatic carbocycles. The highest BCUT2D eigenvalue weighted by molar-refractivity contribution is 9.10. The summed E-state index contributed by atoms with van der Waals surface area (Å²) in [5.74, 6) is -0.860. The molecule has 1 aromatic heterocycles. The molecule has 3 aromatic rings. The number of aromatic nitrogens is 1. The second-order valence-corrected chi connectivity index (χ2v) is 8.37. The van der Waals surface area contributed by atoms with Crippen LogP contribution in [0, 0.1) is 6.92 Å². The number of likely N-dealkylation sites (tertiary alicyclic amines) is 1. The van der Waals surface area contributed by atoms with Crippen LogP contribution in [0.25, 0.3) is 5.76 Å². The number of aryl methyl sites for hydroxylation is 1. The largest absolute Gasteiger partial charge is 0.507 e. The van der Waals surface area contributed by atoms with Gasteiger partial charge in [0.25, 0.3) is 11.7 Å². The third-order valence-electron chi connectivity index (χ3n) is 5.51. The van der Waals surface area contributed by atoms with Gasteiger partial charge in [-0.3, -0.25) is 14.6 Å². The molecule has 32 heavy (non-hydrogen) atoms. The van der Waals surface area contributed by atoms with Crippen LogP contribution in [0.5, 0.6) is 5.75 Å². The molecule has 1 aliphatic heterocycles. The number of aliphatic hydroxyl groups excluding tert-OH is 1. The summed E-state index contributed by atoms with van der Waals surface area (Å²) in [5, 5.41) is 11.1. The summed E-state index contributed by atoms with van der Waals surface area (Å²) in [5.41, 5.74) is 2.99. The van der Waals surface area contributed by atoms with Crippen LogP contribution >= 0.6 is 15.9 Å². The predicted molar refractivity (Wildman–Crippen MR) is 124 cm³/mol. The lowest BCUT2D eigenvalue weighted by atomic mass is 9.95. The number of Topliss-reactive ketones (excluding diaryl/α,β-unsaturated/α-hetero) is 1. The molecule has 1 amide bonds. The third kappa shape index (κ3) is 4.03. The lowest BCUT2D eigenvalue weighted by Crippen LogP contribution is -2.29. The van der Waals surface area contributed by atoms with Crippen LogP contribution in [-0.4, -0.2) is 33.8 Å². The smallest absolute Gasteiger partial charge is 0.295 e. The van der Waals surface area contributed by atoms with E-state index in [4.69, 9.17) is 4.74 Å². The number of hydrogen-bond acceptors (Lipinski definition) is 5. The van der Waals surface area contributed by atoms with Crippen molar-refractivity contribution in [2.75, 3.05) is 7.11 Å². The highest BCUT2D eigenvalue weighted by atomic mass is 79.9. The Kier molecular flexibility index (Phi) is 6.10. The quantitative estimate of drug-likeness (QED) is 0.314. The summed E-state index contributed by atoms with van der Waals surface area (Å²) < 4.78 is 6.09. The number of amides is 1. The van der Waals surface area contributed by atoms with Gasteiger partial charge >= 0.3 is 0 Å². The molecule has 2 heterocycles. The first-order valence-corrected chi connectivity index (χ1v) is 10.8. The standard InChI is InChI=1S/C25H21BrN2O4/c1-15-13-18(5-8-20(15)26)23(29)21-22(17-9-11-27-12-10-17)28(25(31)24(21)30)14-16-3-6-19(32-2)7-4-16/h3-13,22,29H,14H2,1-2H3/b23-21-. The van der Waals surface area contributed by atoms with Crippen molar-refractivity contribution >= 4 is 33.4 Å².